The highest BCUT2D eigenvalue weighted by molar-refractivity contribution is 5.94. The number of amides is 1. The molecule has 0 aromatic carbocycles. The zero-order valence-corrected chi connectivity index (χ0v) is 13.1. The maximum absolute atomic E-state index is 12.4. The molecule has 1 N–H and O–H groups in total. The summed E-state index contributed by atoms with van der Waals surface area (Å²) in [6.07, 6.45) is 3.96. The lowest BCUT2D eigenvalue weighted by Gasteiger charge is -2.30. The summed E-state index contributed by atoms with van der Waals surface area (Å²) < 4.78 is 5.17. The Morgan fingerprint density at radius 1 is 1.48 bits per heavy atom. The number of rotatable bonds is 5. The highest BCUT2D eigenvalue weighted by atomic mass is 16.5. The van der Waals surface area contributed by atoms with Crippen LogP contribution in [0.15, 0.2) is 18.3 Å². The monoisotopic (exact) mass is 291 g/mol. The first kappa shape index (κ1) is 15.8. The third-order valence-corrected chi connectivity index (χ3v) is 4.05. The molecule has 1 unspecified atom stereocenters. The predicted octanol–water partition coefficient (Wildman–Crippen LogP) is 2.40. The maximum Gasteiger partial charge on any atom is 0.255 e. The standard InChI is InChI=1S/C16H25N3O2/c1-12-6-8-19(9-7-12)16(20)14-4-5-15(18-11-14)17-10-13(2)21-3/h4-5,11-13H,6-10H2,1-3H3,(H,17,18). The van der Waals surface area contributed by atoms with Crippen LogP contribution >= 0.6 is 0 Å². The third-order valence-electron chi connectivity index (χ3n) is 4.05. The van der Waals surface area contributed by atoms with E-state index in [-0.39, 0.29) is 12.0 Å². The number of ether oxygens (including phenoxy) is 1. The molecule has 0 saturated carbocycles. The lowest BCUT2D eigenvalue weighted by molar-refractivity contribution is 0.0697. The van der Waals surface area contributed by atoms with Crippen molar-refractivity contribution < 1.29 is 9.53 Å². The van der Waals surface area contributed by atoms with E-state index in [1.165, 1.54) is 0 Å². The number of hydrogen-bond donors (Lipinski definition) is 1. The van der Waals surface area contributed by atoms with Gasteiger partial charge in [0.25, 0.3) is 5.91 Å². The first-order chi connectivity index (χ1) is 10.1. The van der Waals surface area contributed by atoms with Gasteiger partial charge in [0.1, 0.15) is 5.82 Å². The number of carbonyl (C=O) groups is 1. The number of piperidine rings is 1. The molecule has 1 aromatic heterocycles. The van der Waals surface area contributed by atoms with Crippen LogP contribution in [-0.2, 0) is 4.74 Å². The Kier molecular flexibility index (Phi) is 5.56. The molecule has 116 valence electrons. The van der Waals surface area contributed by atoms with E-state index in [9.17, 15) is 4.79 Å². The van der Waals surface area contributed by atoms with Gasteiger partial charge >= 0.3 is 0 Å². The number of aromatic nitrogens is 1. The van der Waals surface area contributed by atoms with E-state index in [4.69, 9.17) is 4.74 Å². The fourth-order valence-corrected chi connectivity index (χ4v) is 2.35. The zero-order valence-electron chi connectivity index (χ0n) is 13.1. The van der Waals surface area contributed by atoms with E-state index in [1.807, 2.05) is 24.0 Å². The van der Waals surface area contributed by atoms with Crippen molar-refractivity contribution in [3.63, 3.8) is 0 Å². The smallest absolute Gasteiger partial charge is 0.255 e. The number of methoxy groups -OCH3 is 1. The quantitative estimate of drug-likeness (QED) is 0.905. The predicted molar refractivity (Wildman–Crippen MR) is 83.5 cm³/mol. The van der Waals surface area contributed by atoms with Crippen LogP contribution in [0.1, 0.15) is 37.0 Å². The molecule has 1 aromatic rings. The summed E-state index contributed by atoms with van der Waals surface area (Å²) in [5.41, 5.74) is 0.662. The van der Waals surface area contributed by atoms with Gasteiger partial charge in [-0.05, 0) is 37.8 Å². The molecular formula is C16H25N3O2. The van der Waals surface area contributed by atoms with Crippen molar-refractivity contribution in [3.8, 4) is 0 Å². The molecule has 1 amide bonds. The van der Waals surface area contributed by atoms with Crippen LogP contribution in [0.3, 0.4) is 0 Å². The van der Waals surface area contributed by atoms with Crippen molar-refractivity contribution in [1.82, 2.24) is 9.88 Å². The number of hydrogen-bond acceptors (Lipinski definition) is 4. The van der Waals surface area contributed by atoms with Crippen LogP contribution in [0.25, 0.3) is 0 Å². The first-order valence-corrected chi connectivity index (χ1v) is 7.62. The van der Waals surface area contributed by atoms with Gasteiger partial charge in [0.15, 0.2) is 0 Å². The van der Waals surface area contributed by atoms with Gasteiger partial charge in [-0.2, -0.15) is 0 Å². The minimum atomic E-state index is 0.0891. The van der Waals surface area contributed by atoms with Crippen molar-refractivity contribution in [3.05, 3.63) is 23.9 Å². The van der Waals surface area contributed by atoms with Crippen molar-refractivity contribution in [1.29, 1.82) is 0 Å². The first-order valence-electron chi connectivity index (χ1n) is 7.62. The third kappa shape index (κ3) is 4.43. The highest BCUT2D eigenvalue weighted by Gasteiger charge is 2.21. The van der Waals surface area contributed by atoms with Crippen molar-refractivity contribution in [2.75, 3.05) is 32.1 Å². The van der Waals surface area contributed by atoms with Crippen LogP contribution in [0.2, 0.25) is 0 Å². The van der Waals surface area contributed by atoms with Gasteiger partial charge in [-0.1, -0.05) is 6.92 Å². The van der Waals surface area contributed by atoms with E-state index in [0.717, 1.165) is 37.7 Å². The number of anilines is 1. The molecule has 1 aliphatic rings. The van der Waals surface area contributed by atoms with Crippen molar-refractivity contribution in [2.45, 2.75) is 32.8 Å². The Morgan fingerprint density at radius 3 is 2.76 bits per heavy atom. The fourth-order valence-electron chi connectivity index (χ4n) is 2.35. The van der Waals surface area contributed by atoms with Crippen LogP contribution < -0.4 is 5.32 Å². The summed E-state index contributed by atoms with van der Waals surface area (Å²) in [5, 5.41) is 3.19. The molecule has 5 nitrogen and oxygen atoms in total. The summed E-state index contributed by atoms with van der Waals surface area (Å²) >= 11 is 0. The van der Waals surface area contributed by atoms with E-state index in [1.54, 1.807) is 13.3 Å². The van der Waals surface area contributed by atoms with Gasteiger partial charge in [-0.15, -0.1) is 0 Å². The molecule has 2 heterocycles. The molecule has 1 aliphatic heterocycles. The van der Waals surface area contributed by atoms with Crippen molar-refractivity contribution >= 4 is 11.7 Å². The molecule has 0 aliphatic carbocycles. The molecule has 5 heteroatoms. The minimum Gasteiger partial charge on any atom is -0.380 e. The number of nitrogens with one attached hydrogen (secondary N) is 1. The second-order valence-electron chi connectivity index (χ2n) is 5.83. The average Bonchev–Trinajstić information content (AvgIpc) is 2.53. The zero-order chi connectivity index (χ0) is 15.2. The van der Waals surface area contributed by atoms with Crippen molar-refractivity contribution in [2.24, 2.45) is 5.92 Å². The largest absolute Gasteiger partial charge is 0.380 e. The summed E-state index contributed by atoms with van der Waals surface area (Å²) in [7, 11) is 1.68. The molecule has 21 heavy (non-hydrogen) atoms. The summed E-state index contributed by atoms with van der Waals surface area (Å²) in [6.45, 7) is 6.63. The second-order valence-corrected chi connectivity index (χ2v) is 5.83. The van der Waals surface area contributed by atoms with Crippen LogP contribution in [0, 0.1) is 5.92 Å². The SMILES string of the molecule is COC(C)CNc1ccc(C(=O)N2CCC(C)CC2)cn1. The molecule has 0 radical (unpaired) electrons. The molecular weight excluding hydrogens is 266 g/mol. The van der Waals surface area contributed by atoms with Gasteiger partial charge in [0.2, 0.25) is 0 Å². The van der Waals surface area contributed by atoms with Gasteiger partial charge in [0, 0.05) is 32.9 Å². The molecule has 2 rings (SSSR count). The molecule has 1 fully saturated rings. The number of carbonyl (C=O) groups excluding carboxylic acids is 1. The Labute approximate surface area is 126 Å². The van der Waals surface area contributed by atoms with Crippen LogP contribution in [-0.4, -0.2) is 48.6 Å². The van der Waals surface area contributed by atoms with Gasteiger partial charge in [-0.3, -0.25) is 4.79 Å². The summed E-state index contributed by atoms with van der Waals surface area (Å²) in [4.78, 5) is 18.6. The summed E-state index contributed by atoms with van der Waals surface area (Å²) in [6, 6.07) is 3.69. The number of likely N-dealkylation sites (tertiary alicyclic amines) is 1. The van der Waals surface area contributed by atoms with Crippen LogP contribution in [0.5, 0.6) is 0 Å². The van der Waals surface area contributed by atoms with Gasteiger partial charge in [-0.25, -0.2) is 4.98 Å². The normalized spacial score (nSPS) is 17.6. The van der Waals surface area contributed by atoms with Gasteiger partial charge < -0.3 is 15.0 Å². The topological polar surface area (TPSA) is 54.5 Å². The lowest BCUT2D eigenvalue weighted by atomic mass is 9.99. The van der Waals surface area contributed by atoms with E-state index in [2.05, 4.69) is 17.2 Å². The van der Waals surface area contributed by atoms with E-state index in [0.29, 0.717) is 12.1 Å². The Balaban J connectivity index is 1.90. The Morgan fingerprint density at radius 2 is 2.19 bits per heavy atom. The number of pyridine rings is 1. The summed E-state index contributed by atoms with van der Waals surface area (Å²) in [5.74, 6) is 1.58. The molecule has 0 spiro atoms. The van der Waals surface area contributed by atoms with Gasteiger partial charge in [0.05, 0.1) is 11.7 Å². The van der Waals surface area contributed by atoms with Crippen LogP contribution in [0.4, 0.5) is 5.82 Å². The number of nitrogens with zero attached hydrogens (tertiary/aromatic N) is 2. The second kappa shape index (κ2) is 7.41. The molecule has 1 saturated heterocycles. The maximum atomic E-state index is 12.4. The molecule has 0 bridgehead atoms. The lowest BCUT2D eigenvalue weighted by Crippen LogP contribution is -2.37. The fraction of sp³-hybridized carbons (Fsp3) is 0.625. The average molecular weight is 291 g/mol. The molecule has 1 atom stereocenters. The highest BCUT2D eigenvalue weighted by Crippen LogP contribution is 2.18. The van der Waals surface area contributed by atoms with E-state index >= 15 is 0 Å². The Hall–Kier alpha value is -1.62. The minimum absolute atomic E-state index is 0.0891. The Bertz CT molecular complexity index is 453. The van der Waals surface area contributed by atoms with E-state index < -0.39 is 0 Å².